The summed E-state index contributed by atoms with van der Waals surface area (Å²) >= 11 is 0. The third-order valence-corrected chi connectivity index (χ3v) is 4.34. The first-order valence-electron chi connectivity index (χ1n) is 6.53. The van der Waals surface area contributed by atoms with Gasteiger partial charge in [-0.25, -0.2) is 0 Å². The van der Waals surface area contributed by atoms with Crippen molar-refractivity contribution in [2.75, 3.05) is 4.90 Å². The minimum absolute atomic E-state index is 0. The molecule has 2 N–H and O–H groups in total. The average Bonchev–Trinajstić information content (AvgIpc) is 2.71. The fourth-order valence-corrected chi connectivity index (χ4v) is 2.94. The van der Waals surface area contributed by atoms with Crippen molar-refractivity contribution in [3.05, 3.63) is 53.6 Å². The number of benzene rings is 2. The number of ketones is 1. The summed E-state index contributed by atoms with van der Waals surface area (Å²) in [6.07, 6.45) is 0. The maximum Gasteiger partial charge on any atom is 1.00 e. The number of amides is 1. The Kier molecular flexibility index (Phi) is 5.17. The molecule has 120 valence electrons. The molecule has 0 radical (unpaired) electrons. The van der Waals surface area contributed by atoms with E-state index in [2.05, 4.69) is 0 Å². The largest absolute Gasteiger partial charge is 1.00 e. The van der Waals surface area contributed by atoms with Gasteiger partial charge in [-0.1, -0.05) is 12.1 Å². The zero-order valence-corrected chi connectivity index (χ0v) is 15.4. The molecule has 0 aromatic heterocycles. The molecule has 0 fully saturated rings. The summed E-state index contributed by atoms with van der Waals surface area (Å²) in [7, 11) is -4.46. The van der Waals surface area contributed by atoms with Crippen LogP contribution in [-0.4, -0.2) is 29.8 Å². The standard InChI is InChI=1S/C15H11NO6S.Na.H/c17-10-3-1-2-9(6-10)8-16-13-5-4-11(23(20,21)22)7-12(13)14(18)15(16)19;;/h1-7,17H,8H2,(H,20,21,22);;/q;+1;-1. The van der Waals surface area contributed by atoms with Crippen LogP contribution < -0.4 is 34.5 Å². The number of carbonyl (C=O) groups is 2. The third-order valence-electron chi connectivity index (χ3n) is 3.49. The molecule has 0 saturated heterocycles. The molecule has 0 unspecified atom stereocenters. The van der Waals surface area contributed by atoms with E-state index in [0.29, 0.717) is 5.56 Å². The molecule has 9 heteroatoms. The minimum atomic E-state index is -4.46. The number of phenolic OH excluding ortho intramolecular Hbond substituents is 1. The number of Topliss-reactive ketones (excluding diaryl/α,β-unsaturated/α-hetero) is 1. The van der Waals surface area contributed by atoms with Crippen LogP contribution in [0.2, 0.25) is 0 Å². The van der Waals surface area contributed by atoms with E-state index < -0.39 is 26.7 Å². The molecule has 1 aliphatic heterocycles. The zero-order valence-electron chi connectivity index (χ0n) is 13.6. The summed E-state index contributed by atoms with van der Waals surface area (Å²) in [6.45, 7) is 0.0528. The molecule has 24 heavy (non-hydrogen) atoms. The molecule has 0 bridgehead atoms. The van der Waals surface area contributed by atoms with Crippen LogP contribution in [0.4, 0.5) is 5.69 Å². The van der Waals surface area contributed by atoms with Crippen LogP contribution in [-0.2, 0) is 21.5 Å². The van der Waals surface area contributed by atoms with Crippen molar-refractivity contribution in [1.29, 1.82) is 0 Å². The summed E-state index contributed by atoms with van der Waals surface area (Å²) < 4.78 is 31.3. The third kappa shape index (κ3) is 3.38. The van der Waals surface area contributed by atoms with E-state index in [9.17, 15) is 23.1 Å². The van der Waals surface area contributed by atoms with Gasteiger partial charge in [0.1, 0.15) is 5.75 Å². The smallest absolute Gasteiger partial charge is 1.00 e. The van der Waals surface area contributed by atoms with Gasteiger partial charge in [0.05, 0.1) is 22.7 Å². The first-order chi connectivity index (χ1) is 10.8. The van der Waals surface area contributed by atoms with Crippen LogP contribution in [0.25, 0.3) is 0 Å². The molecule has 2 aromatic carbocycles. The van der Waals surface area contributed by atoms with Crippen LogP contribution in [0, 0.1) is 0 Å². The van der Waals surface area contributed by atoms with E-state index in [4.69, 9.17) is 4.55 Å². The van der Waals surface area contributed by atoms with Gasteiger partial charge in [0.25, 0.3) is 21.8 Å². The summed E-state index contributed by atoms with van der Waals surface area (Å²) in [4.78, 5) is 24.9. The molecule has 1 aliphatic rings. The molecule has 0 atom stereocenters. The number of carbonyl (C=O) groups excluding carboxylic acids is 2. The Balaban J connectivity index is 0.00000156. The molecular weight excluding hydrogens is 345 g/mol. The van der Waals surface area contributed by atoms with Crippen molar-refractivity contribution in [2.24, 2.45) is 0 Å². The topological polar surface area (TPSA) is 112 Å². The van der Waals surface area contributed by atoms with Crippen molar-refractivity contribution in [3.8, 4) is 5.75 Å². The van der Waals surface area contributed by atoms with Crippen molar-refractivity contribution < 1.29 is 58.7 Å². The number of phenols is 1. The number of fused-ring (bicyclic) bond motifs is 1. The van der Waals surface area contributed by atoms with Gasteiger partial charge in [0, 0.05) is 0 Å². The number of hydrogen-bond donors (Lipinski definition) is 2. The van der Waals surface area contributed by atoms with Gasteiger partial charge in [-0.3, -0.25) is 14.1 Å². The number of anilines is 1. The van der Waals surface area contributed by atoms with Crippen molar-refractivity contribution in [1.82, 2.24) is 0 Å². The van der Waals surface area contributed by atoms with Gasteiger partial charge in [0.2, 0.25) is 0 Å². The second kappa shape index (κ2) is 6.66. The Morgan fingerprint density at radius 2 is 1.79 bits per heavy atom. The fraction of sp³-hybridized carbons (Fsp3) is 0.0667. The maximum atomic E-state index is 12.1. The first-order valence-corrected chi connectivity index (χ1v) is 7.97. The second-order valence-corrected chi connectivity index (χ2v) is 6.47. The second-order valence-electron chi connectivity index (χ2n) is 5.04. The molecule has 0 aliphatic carbocycles. The van der Waals surface area contributed by atoms with E-state index in [-0.39, 0.29) is 54.5 Å². The van der Waals surface area contributed by atoms with Gasteiger partial charge in [-0.2, -0.15) is 8.42 Å². The number of aromatic hydroxyl groups is 1. The molecule has 2 aromatic rings. The molecule has 7 nitrogen and oxygen atoms in total. The normalized spacial score (nSPS) is 13.6. The van der Waals surface area contributed by atoms with E-state index in [0.717, 1.165) is 12.1 Å². The predicted octanol–water partition coefficient (Wildman–Crippen LogP) is -1.52. The molecule has 1 heterocycles. The molecular formula is C15H12NNaO6S. The van der Waals surface area contributed by atoms with Crippen LogP contribution in [0.5, 0.6) is 5.75 Å². The zero-order chi connectivity index (χ0) is 16.8. The first kappa shape index (κ1) is 18.6. The Hall–Kier alpha value is -1.71. The molecule has 0 spiro atoms. The van der Waals surface area contributed by atoms with Crippen molar-refractivity contribution in [3.63, 3.8) is 0 Å². The monoisotopic (exact) mass is 357 g/mol. The van der Waals surface area contributed by atoms with Gasteiger partial charge >= 0.3 is 29.6 Å². The van der Waals surface area contributed by atoms with Gasteiger partial charge in [-0.15, -0.1) is 0 Å². The van der Waals surface area contributed by atoms with Gasteiger partial charge in [-0.05, 0) is 35.9 Å². The fourth-order valence-electron chi connectivity index (χ4n) is 2.43. The van der Waals surface area contributed by atoms with Crippen molar-refractivity contribution >= 4 is 27.5 Å². The average molecular weight is 357 g/mol. The van der Waals surface area contributed by atoms with E-state index in [1.807, 2.05) is 0 Å². The van der Waals surface area contributed by atoms with E-state index in [1.165, 1.54) is 23.1 Å². The Morgan fingerprint density at radius 1 is 1.08 bits per heavy atom. The molecule has 0 saturated carbocycles. The number of rotatable bonds is 3. The molecule has 3 rings (SSSR count). The SMILES string of the molecule is O=C1C(=O)N(Cc2cccc(O)c2)c2ccc(S(=O)(=O)O)cc21.[H-].[Na+]. The number of nitrogens with zero attached hydrogens (tertiary/aromatic N) is 1. The van der Waals surface area contributed by atoms with Crippen LogP contribution in [0.1, 0.15) is 17.3 Å². The van der Waals surface area contributed by atoms with E-state index >= 15 is 0 Å². The van der Waals surface area contributed by atoms with Crippen molar-refractivity contribution in [2.45, 2.75) is 11.4 Å². The maximum absolute atomic E-state index is 12.1. The number of hydrogen-bond acceptors (Lipinski definition) is 5. The quantitative estimate of drug-likeness (QED) is 0.392. The Labute approximate surface area is 161 Å². The van der Waals surface area contributed by atoms with Crippen LogP contribution in [0.3, 0.4) is 0 Å². The van der Waals surface area contributed by atoms with Crippen LogP contribution in [0.15, 0.2) is 47.4 Å². The minimum Gasteiger partial charge on any atom is -1.00 e. The van der Waals surface area contributed by atoms with Crippen LogP contribution >= 0.6 is 0 Å². The summed E-state index contributed by atoms with van der Waals surface area (Å²) in [5, 5.41) is 9.46. The summed E-state index contributed by atoms with van der Waals surface area (Å²) in [5.74, 6) is -1.61. The summed E-state index contributed by atoms with van der Waals surface area (Å²) in [5.41, 5.74) is 0.791. The summed E-state index contributed by atoms with van der Waals surface area (Å²) in [6, 6.07) is 9.62. The predicted molar refractivity (Wildman–Crippen MR) is 81.0 cm³/mol. The van der Waals surface area contributed by atoms with Gasteiger partial charge < -0.3 is 11.4 Å². The molecule has 1 amide bonds. The Bertz CT molecular complexity index is 947. The Morgan fingerprint density at radius 3 is 2.42 bits per heavy atom. The van der Waals surface area contributed by atoms with E-state index in [1.54, 1.807) is 12.1 Å². The van der Waals surface area contributed by atoms with Gasteiger partial charge in [0.15, 0.2) is 0 Å².